The number of benzene rings is 2. The molecule has 0 unspecified atom stereocenters. The molecule has 2 aromatic carbocycles. The summed E-state index contributed by atoms with van der Waals surface area (Å²) in [5, 5.41) is 0.710. The Morgan fingerprint density at radius 3 is 2.39 bits per heavy atom. The first kappa shape index (κ1) is 20.6. The van der Waals surface area contributed by atoms with E-state index in [-0.39, 0.29) is 11.8 Å². The number of ether oxygens (including phenoxy) is 1. The molecule has 1 fully saturated rings. The zero-order valence-corrected chi connectivity index (χ0v) is 17.3. The third-order valence-corrected chi connectivity index (χ3v) is 5.90. The van der Waals surface area contributed by atoms with Crippen LogP contribution < -0.4 is 4.74 Å². The zero-order chi connectivity index (χ0) is 19.9. The Labute approximate surface area is 174 Å². The number of hydrogen-bond acceptors (Lipinski definition) is 4. The van der Waals surface area contributed by atoms with Gasteiger partial charge in [-0.25, -0.2) is 0 Å². The Kier molecular flexibility index (Phi) is 7.23. The molecule has 7 heteroatoms. The molecule has 1 aliphatic heterocycles. The molecule has 148 valence electrons. The lowest BCUT2D eigenvalue weighted by molar-refractivity contribution is -0.132. The summed E-state index contributed by atoms with van der Waals surface area (Å²) in [6, 6.07) is 14.8. The molecule has 0 bridgehead atoms. The second-order valence-electron chi connectivity index (χ2n) is 6.46. The minimum absolute atomic E-state index is 0.0238. The number of carbonyl (C=O) groups is 2. The van der Waals surface area contributed by atoms with Gasteiger partial charge in [0.2, 0.25) is 5.91 Å². The van der Waals surface area contributed by atoms with Gasteiger partial charge in [0.1, 0.15) is 5.75 Å². The van der Waals surface area contributed by atoms with Crippen LogP contribution in [-0.2, 0) is 4.79 Å². The molecule has 0 spiro atoms. The summed E-state index contributed by atoms with van der Waals surface area (Å²) in [5.41, 5.74) is 0.610. The molecule has 0 N–H and O–H groups in total. The molecule has 1 saturated heterocycles. The van der Waals surface area contributed by atoms with E-state index in [1.807, 2.05) is 41.3 Å². The summed E-state index contributed by atoms with van der Waals surface area (Å²) < 4.78 is 5.18. The van der Waals surface area contributed by atoms with Crippen LogP contribution in [0.2, 0.25) is 5.02 Å². The van der Waals surface area contributed by atoms with E-state index in [0.29, 0.717) is 48.9 Å². The predicted molar refractivity (Wildman–Crippen MR) is 112 cm³/mol. The average Bonchev–Trinajstić information content (AvgIpc) is 2.74. The highest BCUT2D eigenvalue weighted by Crippen LogP contribution is 2.21. The topological polar surface area (TPSA) is 49.9 Å². The van der Waals surface area contributed by atoms with Gasteiger partial charge in [-0.3, -0.25) is 9.59 Å². The van der Waals surface area contributed by atoms with E-state index in [4.69, 9.17) is 16.3 Å². The Balaban J connectivity index is 1.44. The minimum Gasteiger partial charge on any atom is -0.497 e. The van der Waals surface area contributed by atoms with Crippen LogP contribution in [0.5, 0.6) is 5.75 Å². The highest BCUT2D eigenvalue weighted by Gasteiger charge is 2.24. The van der Waals surface area contributed by atoms with E-state index in [2.05, 4.69) is 0 Å². The van der Waals surface area contributed by atoms with Crippen LogP contribution in [0.1, 0.15) is 16.8 Å². The quantitative estimate of drug-likeness (QED) is 0.669. The van der Waals surface area contributed by atoms with Gasteiger partial charge in [0.15, 0.2) is 0 Å². The normalized spacial score (nSPS) is 14.1. The van der Waals surface area contributed by atoms with Crippen LogP contribution in [0.4, 0.5) is 0 Å². The Hall–Kier alpha value is -2.18. The van der Waals surface area contributed by atoms with Gasteiger partial charge in [-0.15, -0.1) is 11.8 Å². The Bertz CT molecular complexity index is 821. The first-order chi connectivity index (χ1) is 13.6. The van der Waals surface area contributed by atoms with Crippen LogP contribution in [0.25, 0.3) is 0 Å². The second kappa shape index (κ2) is 9.85. The molecular weight excluding hydrogens is 396 g/mol. The Morgan fingerprint density at radius 1 is 1.04 bits per heavy atom. The van der Waals surface area contributed by atoms with Gasteiger partial charge in [-0.05, 0) is 42.5 Å². The number of amides is 2. The molecule has 5 nitrogen and oxygen atoms in total. The number of rotatable bonds is 6. The molecule has 2 amide bonds. The van der Waals surface area contributed by atoms with Crippen molar-refractivity contribution in [1.82, 2.24) is 9.80 Å². The van der Waals surface area contributed by atoms with Crippen molar-refractivity contribution in [2.45, 2.75) is 11.3 Å². The standard InChI is InChI=1S/C21H23ClN2O3S/c1-27-18-4-2-3-16(15-18)21(26)24-12-10-23(11-13-24)20(25)9-14-28-19-7-5-17(22)6-8-19/h2-8,15H,9-14H2,1H3. The molecular formula is C21H23ClN2O3S. The lowest BCUT2D eigenvalue weighted by Crippen LogP contribution is -2.50. The van der Waals surface area contributed by atoms with Crippen LogP contribution in [0.3, 0.4) is 0 Å². The maximum atomic E-state index is 12.7. The number of piperazine rings is 1. The summed E-state index contributed by atoms with van der Waals surface area (Å²) in [7, 11) is 1.58. The molecule has 0 aliphatic carbocycles. The number of halogens is 1. The fourth-order valence-corrected chi connectivity index (χ4v) is 4.01. The van der Waals surface area contributed by atoms with Crippen molar-refractivity contribution in [2.24, 2.45) is 0 Å². The van der Waals surface area contributed by atoms with E-state index in [0.717, 1.165) is 10.6 Å². The van der Waals surface area contributed by atoms with Gasteiger partial charge in [-0.1, -0.05) is 17.7 Å². The maximum Gasteiger partial charge on any atom is 0.254 e. The van der Waals surface area contributed by atoms with Crippen molar-refractivity contribution in [2.75, 3.05) is 39.0 Å². The highest BCUT2D eigenvalue weighted by molar-refractivity contribution is 7.99. The number of methoxy groups -OCH3 is 1. The zero-order valence-electron chi connectivity index (χ0n) is 15.8. The maximum absolute atomic E-state index is 12.7. The third kappa shape index (κ3) is 5.42. The molecule has 0 radical (unpaired) electrons. The predicted octanol–water partition coefficient (Wildman–Crippen LogP) is 3.82. The number of hydrogen-bond donors (Lipinski definition) is 0. The number of thioether (sulfide) groups is 1. The molecule has 0 aromatic heterocycles. The summed E-state index contributed by atoms with van der Waals surface area (Å²) in [4.78, 5) is 29.8. The van der Waals surface area contributed by atoms with Gasteiger partial charge < -0.3 is 14.5 Å². The molecule has 3 rings (SSSR count). The molecule has 28 heavy (non-hydrogen) atoms. The van der Waals surface area contributed by atoms with Crippen molar-refractivity contribution in [3.63, 3.8) is 0 Å². The van der Waals surface area contributed by atoms with Gasteiger partial charge in [0.05, 0.1) is 7.11 Å². The largest absolute Gasteiger partial charge is 0.497 e. The molecule has 0 saturated carbocycles. The summed E-state index contributed by atoms with van der Waals surface area (Å²) in [5.74, 6) is 1.50. The third-order valence-electron chi connectivity index (χ3n) is 4.63. The minimum atomic E-state index is -0.0238. The van der Waals surface area contributed by atoms with Crippen molar-refractivity contribution in [3.8, 4) is 5.75 Å². The van der Waals surface area contributed by atoms with Crippen molar-refractivity contribution >= 4 is 35.2 Å². The van der Waals surface area contributed by atoms with Gasteiger partial charge in [0.25, 0.3) is 5.91 Å². The van der Waals surface area contributed by atoms with E-state index in [9.17, 15) is 9.59 Å². The summed E-state index contributed by atoms with van der Waals surface area (Å²) in [6.45, 7) is 2.23. The van der Waals surface area contributed by atoms with Gasteiger partial charge in [-0.2, -0.15) is 0 Å². The molecule has 1 aliphatic rings. The summed E-state index contributed by atoms with van der Waals surface area (Å²) >= 11 is 7.53. The monoisotopic (exact) mass is 418 g/mol. The van der Waals surface area contributed by atoms with Gasteiger partial charge >= 0.3 is 0 Å². The van der Waals surface area contributed by atoms with Crippen molar-refractivity contribution < 1.29 is 14.3 Å². The first-order valence-electron chi connectivity index (χ1n) is 9.16. The molecule has 0 atom stereocenters. The van der Waals surface area contributed by atoms with E-state index in [1.54, 1.807) is 35.9 Å². The lowest BCUT2D eigenvalue weighted by atomic mass is 10.1. The molecule has 1 heterocycles. The van der Waals surface area contributed by atoms with Crippen LogP contribution in [0.15, 0.2) is 53.4 Å². The molecule has 2 aromatic rings. The van der Waals surface area contributed by atoms with E-state index in [1.165, 1.54) is 0 Å². The van der Waals surface area contributed by atoms with E-state index >= 15 is 0 Å². The van der Waals surface area contributed by atoms with Gasteiger partial charge in [0, 0.05) is 53.8 Å². The highest BCUT2D eigenvalue weighted by atomic mass is 35.5. The first-order valence-corrected chi connectivity index (χ1v) is 10.5. The van der Waals surface area contributed by atoms with Crippen molar-refractivity contribution in [1.29, 1.82) is 0 Å². The van der Waals surface area contributed by atoms with Crippen LogP contribution in [-0.4, -0.2) is 60.7 Å². The second-order valence-corrected chi connectivity index (χ2v) is 8.06. The number of nitrogens with zero attached hydrogens (tertiary/aromatic N) is 2. The average molecular weight is 419 g/mol. The van der Waals surface area contributed by atoms with Crippen molar-refractivity contribution in [3.05, 3.63) is 59.1 Å². The smallest absolute Gasteiger partial charge is 0.254 e. The van der Waals surface area contributed by atoms with Crippen LogP contribution >= 0.6 is 23.4 Å². The fraction of sp³-hybridized carbons (Fsp3) is 0.333. The summed E-state index contributed by atoms with van der Waals surface area (Å²) in [6.07, 6.45) is 0.483. The number of carbonyl (C=O) groups excluding carboxylic acids is 2. The SMILES string of the molecule is COc1cccc(C(=O)N2CCN(C(=O)CCSc3ccc(Cl)cc3)CC2)c1. The Morgan fingerprint density at radius 2 is 1.71 bits per heavy atom. The fourth-order valence-electron chi connectivity index (χ4n) is 3.04. The lowest BCUT2D eigenvalue weighted by Gasteiger charge is -2.35. The van der Waals surface area contributed by atoms with E-state index < -0.39 is 0 Å². The van der Waals surface area contributed by atoms with Crippen LogP contribution in [0, 0.1) is 0 Å².